The highest BCUT2D eigenvalue weighted by molar-refractivity contribution is 7.12. The van der Waals surface area contributed by atoms with E-state index in [2.05, 4.69) is 42.8 Å². The molecule has 1 N–H and O–H groups in total. The van der Waals surface area contributed by atoms with Crippen molar-refractivity contribution < 1.29 is 5.11 Å². The summed E-state index contributed by atoms with van der Waals surface area (Å²) in [5.41, 5.74) is 1.21. The molecule has 0 aliphatic carbocycles. The number of hydrogen-bond acceptors (Lipinski definition) is 3. The summed E-state index contributed by atoms with van der Waals surface area (Å²) in [6.45, 7) is 2.93. The molecule has 0 aliphatic rings. The predicted octanol–water partition coefficient (Wildman–Crippen LogP) is 3.94. The average molecular weight is 320 g/mol. The second-order valence-corrected chi connectivity index (χ2v) is 6.48. The minimum Gasteiger partial charge on any atom is -0.384 e. The van der Waals surface area contributed by atoms with Gasteiger partial charge in [0.15, 0.2) is 0 Å². The highest BCUT2D eigenvalue weighted by atomic mass is 35.5. The van der Waals surface area contributed by atoms with Crippen LogP contribution in [0.3, 0.4) is 0 Å². The van der Waals surface area contributed by atoms with Crippen LogP contribution in [0.4, 0.5) is 0 Å². The lowest BCUT2D eigenvalue weighted by Gasteiger charge is -2.24. The number of thiophene rings is 1. The van der Waals surface area contributed by atoms with Crippen molar-refractivity contribution in [1.82, 2.24) is 4.90 Å². The Morgan fingerprint density at radius 2 is 2.14 bits per heavy atom. The predicted molar refractivity (Wildman–Crippen MR) is 89.6 cm³/mol. The van der Waals surface area contributed by atoms with Crippen molar-refractivity contribution in [3.63, 3.8) is 0 Å². The molecule has 0 bridgehead atoms. The van der Waals surface area contributed by atoms with E-state index in [1.54, 1.807) is 11.3 Å². The van der Waals surface area contributed by atoms with Gasteiger partial charge in [0.25, 0.3) is 0 Å². The monoisotopic (exact) mass is 319 g/mol. The molecule has 1 heterocycles. The van der Waals surface area contributed by atoms with E-state index in [0.29, 0.717) is 0 Å². The second-order valence-electron chi connectivity index (χ2n) is 4.87. The molecule has 2 rings (SSSR count). The molecule has 2 nitrogen and oxygen atoms in total. The number of hydrogen-bond donors (Lipinski definition) is 1. The van der Waals surface area contributed by atoms with Gasteiger partial charge in [-0.15, -0.1) is 11.3 Å². The molecule has 4 heteroatoms. The van der Waals surface area contributed by atoms with Crippen molar-refractivity contribution in [2.24, 2.45) is 0 Å². The maximum Gasteiger partial charge on any atom is 0.104 e. The summed E-state index contributed by atoms with van der Waals surface area (Å²) >= 11 is 7.72. The molecule has 0 aliphatic heterocycles. The minimum atomic E-state index is -0.0983. The van der Waals surface area contributed by atoms with Crippen LogP contribution in [0, 0.1) is 11.8 Å². The molecule has 2 aromatic rings. The standard InChI is InChI=1S/C17H18ClNOS/c1-13(14-5-3-6-15(18)11-14)19(2)12-17-9-8-16(21-17)7-4-10-20/h3,5-6,8-9,11,13,20H,10,12H2,1-2H3. The van der Waals surface area contributed by atoms with E-state index < -0.39 is 0 Å². The number of benzene rings is 1. The van der Waals surface area contributed by atoms with Crippen molar-refractivity contribution in [3.05, 3.63) is 56.7 Å². The zero-order valence-electron chi connectivity index (χ0n) is 12.1. The van der Waals surface area contributed by atoms with E-state index >= 15 is 0 Å². The Hall–Kier alpha value is -1.31. The lowest BCUT2D eigenvalue weighted by molar-refractivity contribution is 0.255. The number of halogens is 1. The molecule has 1 aromatic carbocycles. The second kappa shape index (κ2) is 7.63. The Balaban J connectivity index is 2.03. The summed E-state index contributed by atoms with van der Waals surface area (Å²) in [4.78, 5) is 4.53. The zero-order valence-corrected chi connectivity index (χ0v) is 13.7. The van der Waals surface area contributed by atoms with Crippen LogP contribution in [-0.4, -0.2) is 23.7 Å². The Kier molecular flexibility index (Phi) is 5.84. The lowest BCUT2D eigenvalue weighted by atomic mass is 10.1. The molecule has 0 radical (unpaired) electrons. The molecule has 1 unspecified atom stereocenters. The fourth-order valence-electron chi connectivity index (χ4n) is 2.06. The van der Waals surface area contributed by atoms with Crippen molar-refractivity contribution in [2.45, 2.75) is 19.5 Å². The Labute approximate surface area is 135 Å². The smallest absolute Gasteiger partial charge is 0.104 e. The quantitative estimate of drug-likeness (QED) is 0.863. The first kappa shape index (κ1) is 16.1. The van der Waals surface area contributed by atoms with E-state index in [-0.39, 0.29) is 12.6 Å². The summed E-state index contributed by atoms with van der Waals surface area (Å²) in [5.74, 6) is 5.61. The van der Waals surface area contributed by atoms with Crippen LogP contribution in [0.2, 0.25) is 5.02 Å². The van der Waals surface area contributed by atoms with E-state index in [1.807, 2.05) is 24.3 Å². The molecule has 0 amide bonds. The molecule has 1 atom stereocenters. The average Bonchev–Trinajstić information content (AvgIpc) is 2.91. The third kappa shape index (κ3) is 4.59. The first-order chi connectivity index (χ1) is 10.1. The summed E-state index contributed by atoms with van der Waals surface area (Å²) < 4.78 is 0. The molecule has 0 spiro atoms. The van der Waals surface area contributed by atoms with Gasteiger partial charge in [-0.2, -0.15) is 0 Å². The summed E-state index contributed by atoms with van der Waals surface area (Å²) in [6.07, 6.45) is 0. The van der Waals surface area contributed by atoms with E-state index in [0.717, 1.165) is 16.4 Å². The van der Waals surface area contributed by atoms with Gasteiger partial charge in [-0.1, -0.05) is 35.6 Å². The van der Waals surface area contributed by atoms with Crippen LogP contribution >= 0.6 is 22.9 Å². The van der Waals surface area contributed by atoms with Crippen molar-refractivity contribution in [2.75, 3.05) is 13.7 Å². The Morgan fingerprint density at radius 3 is 2.86 bits per heavy atom. The first-order valence-electron chi connectivity index (χ1n) is 6.74. The number of rotatable bonds is 4. The first-order valence-corrected chi connectivity index (χ1v) is 7.93. The summed E-state index contributed by atoms with van der Waals surface area (Å²) in [7, 11) is 2.10. The fraction of sp³-hybridized carbons (Fsp3) is 0.294. The Morgan fingerprint density at radius 1 is 1.33 bits per heavy atom. The van der Waals surface area contributed by atoms with Crippen LogP contribution in [-0.2, 0) is 6.54 Å². The van der Waals surface area contributed by atoms with Crippen molar-refractivity contribution in [3.8, 4) is 11.8 Å². The van der Waals surface area contributed by atoms with Crippen molar-refractivity contribution >= 4 is 22.9 Å². The molecular weight excluding hydrogens is 302 g/mol. The van der Waals surface area contributed by atoms with Gasteiger partial charge in [-0.05, 0) is 43.8 Å². The third-order valence-corrected chi connectivity index (χ3v) is 4.57. The minimum absolute atomic E-state index is 0.0983. The SMILES string of the molecule is CC(c1cccc(Cl)c1)N(C)Cc1ccc(C#CCO)s1. The van der Waals surface area contributed by atoms with Crippen LogP contribution in [0.1, 0.15) is 28.3 Å². The van der Waals surface area contributed by atoms with Gasteiger partial charge in [0.1, 0.15) is 6.61 Å². The van der Waals surface area contributed by atoms with Gasteiger partial charge in [0, 0.05) is 22.5 Å². The molecule has 21 heavy (non-hydrogen) atoms. The zero-order chi connectivity index (χ0) is 15.2. The topological polar surface area (TPSA) is 23.5 Å². The molecule has 0 saturated heterocycles. The van der Waals surface area contributed by atoms with E-state index in [1.165, 1.54) is 10.4 Å². The van der Waals surface area contributed by atoms with Gasteiger partial charge in [-0.25, -0.2) is 0 Å². The maximum absolute atomic E-state index is 8.71. The highest BCUT2D eigenvalue weighted by Crippen LogP contribution is 2.25. The van der Waals surface area contributed by atoms with Crippen LogP contribution in [0.5, 0.6) is 0 Å². The molecule has 1 aromatic heterocycles. The maximum atomic E-state index is 8.71. The van der Waals surface area contributed by atoms with Crippen LogP contribution in [0.25, 0.3) is 0 Å². The van der Waals surface area contributed by atoms with Crippen LogP contribution < -0.4 is 0 Å². The summed E-state index contributed by atoms with van der Waals surface area (Å²) in [6, 6.07) is 12.4. The van der Waals surface area contributed by atoms with Crippen LogP contribution in [0.15, 0.2) is 36.4 Å². The number of nitrogens with zero attached hydrogens (tertiary/aromatic N) is 1. The molecule has 0 saturated carbocycles. The third-order valence-electron chi connectivity index (χ3n) is 3.35. The van der Waals surface area contributed by atoms with Crippen molar-refractivity contribution in [1.29, 1.82) is 0 Å². The highest BCUT2D eigenvalue weighted by Gasteiger charge is 2.13. The fourth-order valence-corrected chi connectivity index (χ4v) is 3.21. The van der Waals surface area contributed by atoms with E-state index in [9.17, 15) is 0 Å². The molecule has 110 valence electrons. The lowest BCUT2D eigenvalue weighted by Crippen LogP contribution is -2.21. The van der Waals surface area contributed by atoms with Gasteiger partial charge in [-0.3, -0.25) is 4.90 Å². The van der Waals surface area contributed by atoms with Gasteiger partial charge in [0.05, 0.1) is 4.88 Å². The largest absolute Gasteiger partial charge is 0.384 e. The summed E-state index contributed by atoms with van der Waals surface area (Å²) in [5, 5.41) is 9.48. The normalized spacial score (nSPS) is 12.0. The molecular formula is C17H18ClNOS. The van der Waals surface area contributed by atoms with Gasteiger partial charge in [0.2, 0.25) is 0 Å². The van der Waals surface area contributed by atoms with Gasteiger partial charge >= 0.3 is 0 Å². The molecule has 0 fully saturated rings. The van der Waals surface area contributed by atoms with Gasteiger partial charge < -0.3 is 5.11 Å². The number of aliphatic hydroxyl groups excluding tert-OH is 1. The van der Waals surface area contributed by atoms with E-state index in [4.69, 9.17) is 16.7 Å². The Bertz CT molecular complexity index is 656. The number of aliphatic hydroxyl groups is 1.